The van der Waals surface area contributed by atoms with E-state index < -0.39 is 5.97 Å². The monoisotopic (exact) mass is 249 g/mol. The van der Waals surface area contributed by atoms with Crippen molar-refractivity contribution >= 4 is 5.97 Å². The van der Waals surface area contributed by atoms with Crippen LogP contribution in [0.4, 0.5) is 0 Å². The molecule has 0 spiro atoms. The normalized spacial score (nSPS) is 11.1. The molecular weight excluding hydrogens is 234 g/mol. The Morgan fingerprint density at radius 3 is 2.94 bits per heavy atom. The van der Waals surface area contributed by atoms with Gasteiger partial charge in [0.25, 0.3) is 0 Å². The van der Waals surface area contributed by atoms with E-state index in [1.807, 2.05) is 25.2 Å². The summed E-state index contributed by atoms with van der Waals surface area (Å²) in [5, 5.41) is 13.0. The molecule has 0 aromatic carbocycles. The van der Waals surface area contributed by atoms with Crippen LogP contribution in [0, 0.1) is 0 Å². The largest absolute Gasteiger partial charge is 0.475 e. The minimum Gasteiger partial charge on any atom is -0.475 e. The molecule has 6 heteroatoms. The predicted octanol–water partition coefficient (Wildman–Crippen LogP) is 1.34. The molecule has 0 aliphatic rings. The number of hydrogen-bond acceptors (Lipinski definition) is 4. The molecule has 0 aliphatic heterocycles. The number of carboxylic acids is 1. The summed E-state index contributed by atoms with van der Waals surface area (Å²) < 4.78 is 6.68. The molecule has 96 valence electrons. The van der Waals surface area contributed by atoms with Gasteiger partial charge in [-0.3, -0.25) is 9.58 Å². The fraction of sp³-hybridized carbons (Fsp3) is 0.333. The molecule has 0 fully saturated rings. The van der Waals surface area contributed by atoms with E-state index in [-0.39, 0.29) is 5.76 Å². The molecule has 0 unspecified atom stereocenters. The van der Waals surface area contributed by atoms with Gasteiger partial charge in [0.2, 0.25) is 5.76 Å². The summed E-state index contributed by atoms with van der Waals surface area (Å²) in [6, 6.07) is 1.68. The van der Waals surface area contributed by atoms with Crippen molar-refractivity contribution in [2.45, 2.75) is 13.1 Å². The van der Waals surface area contributed by atoms with Crippen LogP contribution in [0.1, 0.15) is 21.7 Å². The number of hydrogen-bond donors (Lipinski definition) is 1. The number of nitrogens with zero attached hydrogens (tertiary/aromatic N) is 3. The third kappa shape index (κ3) is 2.78. The molecule has 0 amide bonds. The second-order valence-electron chi connectivity index (χ2n) is 4.27. The van der Waals surface area contributed by atoms with Crippen molar-refractivity contribution in [3.8, 4) is 0 Å². The molecule has 2 aromatic rings. The topological polar surface area (TPSA) is 71.5 Å². The van der Waals surface area contributed by atoms with E-state index in [2.05, 4.69) is 5.10 Å². The number of carbonyl (C=O) groups is 1. The third-order valence-electron chi connectivity index (χ3n) is 2.59. The molecule has 0 atom stereocenters. The summed E-state index contributed by atoms with van der Waals surface area (Å²) in [6.45, 7) is 1.23. The van der Waals surface area contributed by atoms with Gasteiger partial charge in [-0.05, 0) is 13.1 Å². The number of rotatable bonds is 5. The molecule has 0 saturated carbocycles. The maximum atomic E-state index is 10.9. The first-order valence-electron chi connectivity index (χ1n) is 5.52. The first-order chi connectivity index (χ1) is 8.56. The smallest absolute Gasteiger partial charge is 0.372 e. The van der Waals surface area contributed by atoms with E-state index in [1.165, 1.54) is 6.26 Å². The fourth-order valence-electron chi connectivity index (χ4n) is 1.86. The molecule has 1 N–H and O–H groups in total. The molecule has 0 bridgehead atoms. The van der Waals surface area contributed by atoms with Gasteiger partial charge in [0, 0.05) is 37.5 Å². The van der Waals surface area contributed by atoms with Crippen LogP contribution in [0.15, 0.2) is 29.1 Å². The third-order valence-corrected chi connectivity index (χ3v) is 2.59. The van der Waals surface area contributed by atoms with Crippen molar-refractivity contribution < 1.29 is 14.3 Å². The van der Waals surface area contributed by atoms with Crippen molar-refractivity contribution in [2.75, 3.05) is 7.05 Å². The van der Waals surface area contributed by atoms with E-state index in [1.54, 1.807) is 16.9 Å². The lowest BCUT2D eigenvalue weighted by Gasteiger charge is -2.14. The zero-order valence-electron chi connectivity index (χ0n) is 10.3. The van der Waals surface area contributed by atoms with Crippen molar-refractivity contribution in [2.24, 2.45) is 7.05 Å². The van der Waals surface area contributed by atoms with Gasteiger partial charge in [0.15, 0.2) is 0 Å². The Balaban J connectivity index is 2.00. The van der Waals surface area contributed by atoms with Crippen LogP contribution < -0.4 is 0 Å². The second kappa shape index (κ2) is 5.05. The summed E-state index contributed by atoms with van der Waals surface area (Å²) in [6.07, 6.45) is 5.13. The zero-order chi connectivity index (χ0) is 13.1. The first kappa shape index (κ1) is 12.4. The van der Waals surface area contributed by atoms with Gasteiger partial charge < -0.3 is 9.52 Å². The Morgan fingerprint density at radius 2 is 2.33 bits per heavy atom. The number of furan rings is 1. The van der Waals surface area contributed by atoms with Crippen molar-refractivity contribution in [1.29, 1.82) is 0 Å². The van der Waals surface area contributed by atoms with Crippen molar-refractivity contribution in [3.05, 3.63) is 41.6 Å². The van der Waals surface area contributed by atoms with Crippen LogP contribution >= 0.6 is 0 Å². The number of aryl methyl sites for hydroxylation is 1. The van der Waals surface area contributed by atoms with Crippen LogP contribution in [-0.2, 0) is 20.1 Å². The SMILES string of the molecule is CN(Cc1cnn(C)c1)Cc1ccoc1C(=O)O. The van der Waals surface area contributed by atoms with Crippen LogP contribution in [0.2, 0.25) is 0 Å². The highest BCUT2D eigenvalue weighted by atomic mass is 16.4. The molecular formula is C12H15N3O3. The average Bonchev–Trinajstić information content (AvgIpc) is 2.87. The molecule has 0 saturated heterocycles. The highest BCUT2D eigenvalue weighted by Gasteiger charge is 2.15. The van der Waals surface area contributed by atoms with Gasteiger partial charge in [0.1, 0.15) is 0 Å². The Morgan fingerprint density at radius 1 is 1.56 bits per heavy atom. The zero-order valence-corrected chi connectivity index (χ0v) is 10.3. The van der Waals surface area contributed by atoms with E-state index >= 15 is 0 Å². The first-order valence-corrected chi connectivity index (χ1v) is 5.52. The summed E-state index contributed by atoms with van der Waals surface area (Å²) in [5.41, 5.74) is 1.76. The maximum absolute atomic E-state index is 10.9. The lowest BCUT2D eigenvalue weighted by atomic mass is 10.2. The van der Waals surface area contributed by atoms with Gasteiger partial charge in [-0.1, -0.05) is 0 Å². The van der Waals surface area contributed by atoms with Gasteiger partial charge in [-0.15, -0.1) is 0 Å². The second-order valence-corrected chi connectivity index (χ2v) is 4.27. The Kier molecular flexibility index (Phi) is 3.47. The van der Waals surface area contributed by atoms with Crippen LogP contribution in [-0.4, -0.2) is 32.8 Å². The van der Waals surface area contributed by atoms with Crippen LogP contribution in [0.25, 0.3) is 0 Å². The fourth-order valence-corrected chi connectivity index (χ4v) is 1.86. The molecule has 0 radical (unpaired) electrons. The van der Waals surface area contributed by atoms with Crippen molar-refractivity contribution in [1.82, 2.24) is 14.7 Å². The minimum atomic E-state index is -1.04. The summed E-state index contributed by atoms with van der Waals surface area (Å²) >= 11 is 0. The molecule has 18 heavy (non-hydrogen) atoms. The molecule has 6 nitrogen and oxygen atoms in total. The number of aromatic carboxylic acids is 1. The Hall–Kier alpha value is -2.08. The van der Waals surface area contributed by atoms with Gasteiger partial charge in [-0.25, -0.2) is 4.79 Å². The average molecular weight is 249 g/mol. The highest BCUT2D eigenvalue weighted by molar-refractivity contribution is 5.86. The quantitative estimate of drug-likeness (QED) is 0.865. The highest BCUT2D eigenvalue weighted by Crippen LogP contribution is 2.14. The van der Waals surface area contributed by atoms with E-state index in [9.17, 15) is 4.79 Å². The van der Waals surface area contributed by atoms with Crippen molar-refractivity contribution in [3.63, 3.8) is 0 Å². The van der Waals surface area contributed by atoms with Gasteiger partial charge in [0.05, 0.1) is 12.5 Å². The minimum absolute atomic E-state index is 0.00744. The predicted molar refractivity (Wildman–Crippen MR) is 64.0 cm³/mol. The summed E-state index contributed by atoms with van der Waals surface area (Å²) in [7, 11) is 3.79. The van der Waals surface area contributed by atoms with Crippen LogP contribution in [0.3, 0.4) is 0 Å². The van der Waals surface area contributed by atoms with Gasteiger partial charge >= 0.3 is 5.97 Å². The van der Waals surface area contributed by atoms with E-state index in [0.29, 0.717) is 18.7 Å². The molecule has 0 aliphatic carbocycles. The Bertz CT molecular complexity index is 544. The van der Waals surface area contributed by atoms with Crippen LogP contribution in [0.5, 0.6) is 0 Å². The lowest BCUT2D eigenvalue weighted by Crippen LogP contribution is -2.18. The maximum Gasteiger partial charge on any atom is 0.372 e. The number of carboxylic acid groups (broad SMARTS) is 1. The van der Waals surface area contributed by atoms with Gasteiger partial charge in [-0.2, -0.15) is 5.10 Å². The molecule has 2 heterocycles. The number of aromatic nitrogens is 2. The molecule has 2 aromatic heterocycles. The van der Waals surface area contributed by atoms with E-state index in [4.69, 9.17) is 9.52 Å². The molecule has 2 rings (SSSR count). The summed E-state index contributed by atoms with van der Waals surface area (Å²) in [4.78, 5) is 12.9. The van der Waals surface area contributed by atoms with E-state index in [0.717, 1.165) is 5.56 Å². The Labute approximate surface area is 104 Å². The lowest BCUT2D eigenvalue weighted by molar-refractivity contribution is 0.0659. The standard InChI is InChI=1S/C12H15N3O3/c1-14(6-9-5-13-15(2)7-9)8-10-3-4-18-11(10)12(16)17/h3-5,7H,6,8H2,1-2H3,(H,16,17). The summed E-state index contributed by atoms with van der Waals surface area (Å²) in [5.74, 6) is -1.03.